The lowest BCUT2D eigenvalue weighted by molar-refractivity contribution is -0.116. The summed E-state index contributed by atoms with van der Waals surface area (Å²) >= 11 is 1.42. The number of benzene rings is 3. The molecule has 0 bridgehead atoms. The van der Waals surface area contributed by atoms with Gasteiger partial charge in [0.05, 0.1) is 21.7 Å². The number of thiazole rings is 1. The number of hydrogen-bond donors (Lipinski definition) is 0. The van der Waals surface area contributed by atoms with Gasteiger partial charge in [-0.2, -0.15) is 0 Å². The molecule has 164 valence electrons. The number of carbonyl (C=O) groups is 1. The van der Waals surface area contributed by atoms with Gasteiger partial charge in [0.15, 0.2) is 15.0 Å². The van der Waals surface area contributed by atoms with Gasteiger partial charge in [0.1, 0.15) is 5.75 Å². The van der Waals surface area contributed by atoms with Crippen LogP contribution in [0.3, 0.4) is 0 Å². The van der Waals surface area contributed by atoms with Crippen molar-refractivity contribution in [2.24, 2.45) is 0 Å². The third kappa shape index (κ3) is 4.59. The Bertz CT molecular complexity index is 1340. The van der Waals surface area contributed by atoms with Crippen LogP contribution in [-0.2, 0) is 21.2 Å². The van der Waals surface area contributed by atoms with E-state index in [1.54, 1.807) is 24.3 Å². The molecule has 32 heavy (non-hydrogen) atoms. The highest BCUT2D eigenvalue weighted by Crippen LogP contribution is 2.34. The van der Waals surface area contributed by atoms with Crippen molar-refractivity contribution in [1.82, 2.24) is 4.98 Å². The third-order valence-electron chi connectivity index (χ3n) is 5.34. The second kappa shape index (κ2) is 8.84. The van der Waals surface area contributed by atoms with Crippen LogP contribution >= 0.6 is 11.3 Å². The topological polar surface area (TPSA) is 67.3 Å². The summed E-state index contributed by atoms with van der Waals surface area (Å²) in [4.78, 5) is 19.7. The molecular formula is C25H24N2O3S2. The van der Waals surface area contributed by atoms with Crippen LogP contribution in [0.1, 0.15) is 22.3 Å². The minimum Gasteiger partial charge on any atom is -0.283 e. The molecule has 1 aromatic heterocycles. The standard InChI is InChI=1S/C25H24N2O3S2/c1-17-9-13-21(14-10-17)32(29,30)16-22(28)27(15-20-7-5-4-6-8-20)25-26-23-18(2)11-12-19(3)24(23)31-25/h4-14H,15-16H2,1-3H3. The summed E-state index contributed by atoms with van der Waals surface area (Å²) in [5.41, 5.74) is 4.81. The quantitative estimate of drug-likeness (QED) is 0.392. The highest BCUT2D eigenvalue weighted by atomic mass is 32.2. The Labute approximate surface area is 192 Å². The van der Waals surface area contributed by atoms with Gasteiger partial charge in [-0.05, 0) is 49.6 Å². The molecule has 4 aromatic rings. The van der Waals surface area contributed by atoms with Gasteiger partial charge in [0.2, 0.25) is 5.91 Å². The molecule has 0 unspecified atom stereocenters. The monoisotopic (exact) mass is 464 g/mol. The molecule has 0 saturated heterocycles. The average Bonchev–Trinajstić information content (AvgIpc) is 3.22. The molecule has 7 heteroatoms. The SMILES string of the molecule is Cc1ccc(S(=O)(=O)CC(=O)N(Cc2ccccc2)c2nc3c(C)ccc(C)c3s2)cc1. The number of nitrogens with zero attached hydrogens (tertiary/aromatic N) is 2. The zero-order valence-corrected chi connectivity index (χ0v) is 19.8. The van der Waals surface area contributed by atoms with Gasteiger partial charge < -0.3 is 0 Å². The van der Waals surface area contributed by atoms with Crippen molar-refractivity contribution in [3.8, 4) is 0 Å². The van der Waals surface area contributed by atoms with E-state index in [0.29, 0.717) is 5.13 Å². The number of amides is 1. The molecule has 0 radical (unpaired) electrons. The van der Waals surface area contributed by atoms with Gasteiger partial charge in [0, 0.05) is 0 Å². The Kier molecular flexibility index (Phi) is 6.13. The lowest BCUT2D eigenvalue weighted by Crippen LogP contribution is -2.35. The van der Waals surface area contributed by atoms with Gasteiger partial charge in [-0.15, -0.1) is 0 Å². The zero-order valence-electron chi connectivity index (χ0n) is 18.2. The molecule has 1 heterocycles. The molecule has 0 spiro atoms. The fourth-order valence-electron chi connectivity index (χ4n) is 3.46. The van der Waals surface area contributed by atoms with Crippen LogP contribution in [-0.4, -0.2) is 25.1 Å². The van der Waals surface area contributed by atoms with E-state index in [4.69, 9.17) is 4.98 Å². The molecule has 0 fully saturated rings. The molecule has 0 N–H and O–H groups in total. The summed E-state index contributed by atoms with van der Waals surface area (Å²) in [7, 11) is -3.78. The van der Waals surface area contributed by atoms with Gasteiger partial charge in [-0.3, -0.25) is 9.69 Å². The fraction of sp³-hybridized carbons (Fsp3) is 0.200. The molecule has 0 atom stereocenters. The van der Waals surface area contributed by atoms with Gasteiger partial charge in [-0.25, -0.2) is 13.4 Å². The molecule has 4 rings (SSSR count). The van der Waals surface area contributed by atoms with E-state index in [-0.39, 0.29) is 11.4 Å². The van der Waals surface area contributed by atoms with Gasteiger partial charge >= 0.3 is 0 Å². The molecule has 1 amide bonds. The largest absolute Gasteiger partial charge is 0.283 e. The van der Waals surface area contributed by atoms with E-state index in [1.165, 1.54) is 16.2 Å². The molecule has 0 aliphatic carbocycles. The number of aryl methyl sites for hydroxylation is 3. The number of carbonyl (C=O) groups excluding carboxylic acids is 1. The lowest BCUT2D eigenvalue weighted by Gasteiger charge is -2.20. The second-order valence-electron chi connectivity index (χ2n) is 7.91. The zero-order chi connectivity index (χ0) is 22.9. The number of hydrogen-bond acceptors (Lipinski definition) is 5. The lowest BCUT2D eigenvalue weighted by atomic mass is 10.1. The van der Waals surface area contributed by atoms with Crippen molar-refractivity contribution < 1.29 is 13.2 Å². The summed E-state index contributed by atoms with van der Waals surface area (Å²) < 4.78 is 26.9. The Morgan fingerprint density at radius 1 is 0.906 bits per heavy atom. The predicted octanol–water partition coefficient (Wildman–Crippen LogP) is 5.23. The highest BCUT2D eigenvalue weighted by molar-refractivity contribution is 7.92. The fourth-order valence-corrected chi connectivity index (χ4v) is 5.79. The summed E-state index contributed by atoms with van der Waals surface area (Å²) in [6, 6.07) is 20.1. The first-order chi connectivity index (χ1) is 15.2. The summed E-state index contributed by atoms with van der Waals surface area (Å²) in [6.07, 6.45) is 0. The maximum atomic E-state index is 13.4. The van der Waals surface area contributed by atoms with Crippen LogP contribution in [0.5, 0.6) is 0 Å². The average molecular weight is 465 g/mol. The molecule has 0 aliphatic rings. The van der Waals surface area contributed by atoms with E-state index in [0.717, 1.165) is 32.5 Å². The first-order valence-corrected chi connectivity index (χ1v) is 12.7. The van der Waals surface area contributed by atoms with Crippen LogP contribution in [0.15, 0.2) is 71.6 Å². The number of sulfone groups is 1. The predicted molar refractivity (Wildman–Crippen MR) is 130 cm³/mol. The van der Waals surface area contributed by atoms with Crippen LogP contribution in [0.4, 0.5) is 5.13 Å². The maximum Gasteiger partial charge on any atom is 0.244 e. The first-order valence-electron chi connectivity index (χ1n) is 10.2. The Morgan fingerprint density at radius 2 is 1.56 bits per heavy atom. The molecule has 0 aliphatic heterocycles. The van der Waals surface area contributed by atoms with Crippen molar-refractivity contribution in [2.45, 2.75) is 32.2 Å². The van der Waals surface area contributed by atoms with Crippen LogP contribution < -0.4 is 4.90 Å². The number of fused-ring (bicyclic) bond motifs is 1. The Morgan fingerprint density at radius 3 is 2.22 bits per heavy atom. The summed E-state index contributed by atoms with van der Waals surface area (Å²) in [5.74, 6) is -1.11. The van der Waals surface area contributed by atoms with Crippen LogP contribution in [0.25, 0.3) is 10.2 Å². The number of anilines is 1. The van der Waals surface area contributed by atoms with Crippen molar-refractivity contribution in [3.63, 3.8) is 0 Å². The molecular weight excluding hydrogens is 440 g/mol. The smallest absolute Gasteiger partial charge is 0.244 e. The van der Waals surface area contributed by atoms with Crippen LogP contribution in [0, 0.1) is 20.8 Å². The van der Waals surface area contributed by atoms with E-state index >= 15 is 0 Å². The summed E-state index contributed by atoms with van der Waals surface area (Å²) in [6.45, 7) is 6.13. The molecule has 0 saturated carbocycles. The van der Waals surface area contributed by atoms with Crippen LogP contribution in [0.2, 0.25) is 0 Å². The van der Waals surface area contributed by atoms with E-state index in [9.17, 15) is 13.2 Å². The Hall–Kier alpha value is -3.03. The minimum atomic E-state index is -3.78. The second-order valence-corrected chi connectivity index (χ2v) is 10.9. The number of aromatic nitrogens is 1. The normalized spacial score (nSPS) is 11.6. The molecule has 3 aromatic carbocycles. The van der Waals surface area contributed by atoms with E-state index in [2.05, 4.69) is 0 Å². The van der Waals surface area contributed by atoms with Crippen molar-refractivity contribution in [3.05, 3.63) is 89.0 Å². The Balaban J connectivity index is 1.72. The van der Waals surface area contributed by atoms with Gasteiger partial charge in [0.25, 0.3) is 0 Å². The first kappa shape index (κ1) is 22.2. The van der Waals surface area contributed by atoms with E-state index < -0.39 is 21.5 Å². The minimum absolute atomic E-state index is 0.145. The van der Waals surface area contributed by atoms with Crippen molar-refractivity contribution >= 4 is 42.4 Å². The highest BCUT2D eigenvalue weighted by Gasteiger charge is 2.27. The number of rotatable bonds is 6. The van der Waals surface area contributed by atoms with E-state index in [1.807, 2.05) is 63.2 Å². The maximum absolute atomic E-state index is 13.4. The third-order valence-corrected chi connectivity index (χ3v) is 8.17. The summed E-state index contributed by atoms with van der Waals surface area (Å²) in [5, 5.41) is 0.505. The molecule has 5 nitrogen and oxygen atoms in total. The van der Waals surface area contributed by atoms with Crippen molar-refractivity contribution in [2.75, 3.05) is 10.7 Å². The van der Waals surface area contributed by atoms with Crippen molar-refractivity contribution in [1.29, 1.82) is 0 Å². The van der Waals surface area contributed by atoms with Gasteiger partial charge in [-0.1, -0.05) is 71.5 Å².